The third kappa shape index (κ3) is 2.96. The Labute approximate surface area is 105 Å². The average molecular weight is 232 g/mol. The number of carbonyl (C=O) groups is 1. The van der Waals surface area contributed by atoms with E-state index in [1.54, 1.807) is 0 Å². The molecule has 0 aliphatic heterocycles. The van der Waals surface area contributed by atoms with Gasteiger partial charge in [0, 0.05) is 5.56 Å². The summed E-state index contributed by atoms with van der Waals surface area (Å²) in [5, 5.41) is 0. The Morgan fingerprint density at radius 2 is 1.24 bits per heavy atom. The fourth-order valence-electron chi connectivity index (χ4n) is 2.17. The second-order valence-corrected chi connectivity index (χ2v) is 6.89. The Bertz CT molecular complexity index is 393. The molecule has 1 aromatic rings. The van der Waals surface area contributed by atoms with Crippen LogP contribution in [0.1, 0.15) is 68.6 Å². The Balaban J connectivity index is 3.64. The van der Waals surface area contributed by atoms with Crippen LogP contribution in [0, 0.1) is 6.92 Å². The molecule has 0 N–H and O–H groups in total. The Hall–Kier alpha value is -1.11. The summed E-state index contributed by atoms with van der Waals surface area (Å²) >= 11 is 0. The van der Waals surface area contributed by atoms with Crippen molar-refractivity contribution in [3.8, 4) is 0 Å². The van der Waals surface area contributed by atoms with Crippen LogP contribution in [-0.4, -0.2) is 6.29 Å². The molecule has 1 nitrogen and oxygen atoms in total. The first-order valence-corrected chi connectivity index (χ1v) is 6.18. The van der Waals surface area contributed by atoms with Gasteiger partial charge >= 0.3 is 0 Å². The Kier molecular flexibility index (Phi) is 3.52. The zero-order valence-electron chi connectivity index (χ0n) is 12.1. The Morgan fingerprint density at radius 1 is 0.882 bits per heavy atom. The van der Waals surface area contributed by atoms with E-state index in [4.69, 9.17) is 0 Å². The predicted molar refractivity (Wildman–Crippen MR) is 74.0 cm³/mol. The molecular formula is C16H24O. The van der Waals surface area contributed by atoms with Gasteiger partial charge in [-0.05, 0) is 28.9 Å². The van der Waals surface area contributed by atoms with E-state index in [1.807, 2.05) is 0 Å². The van der Waals surface area contributed by atoms with Crippen molar-refractivity contribution in [3.63, 3.8) is 0 Å². The maximum Gasteiger partial charge on any atom is 0.150 e. The van der Waals surface area contributed by atoms with Crippen LogP contribution in [0.4, 0.5) is 0 Å². The van der Waals surface area contributed by atoms with Gasteiger partial charge in [-0.1, -0.05) is 59.2 Å². The molecule has 1 rings (SSSR count). The van der Waals surface area contributed by atoms with E-state index in [9.17, 15) is 4.79 Å². The number of aryl methyl sites for hydroxylation is 1. The number of hydrogen-bond acceptors (Lipinski definition) is 1. The number of carbonyl (C=O) groups excluding carboxylic acids is 1. The van der Waals surface area contributed by atoms with Crippen molar-refractivity contribution < 1.29 is 4.79 Å². The molecule has 1 heteroatoms. The summed E-state index contributed by atoms with van der Waals surface area (Å²) in [5.41, 5.74) is 4.40. The number of hydrogen-bond donors (Lipinski definition) is 0. The lowest BCUT2D eigenvalue weighted by atomic mass is 9.76. The highest BCUT2D eigenvalue weighted by atomic mass is 16.1. The van der Waals surface area contributed by atoms with Crippen LogP contribution in [0.5, 0.6) is 0 Å². The van der Waals surface area contributed by atoms with Crippen LogP contribution in [0.15, 0.2) is 12.1 Å². The molecule has 94 valence electrons. The maximum absolute atomic E-state index is 11.5. The zero-order chi connectivity index (χ0) is 13.4. The topological polar surface area (TPSA) is 17.1 Å². The second kappa shape index (κ2) is 4.29. The van der Waals surface area contributed by atoms with E-state index in [-0.39, 0.29) is 10.8 Å². The van der Waals surface area contributed by atoms with Crippen molar-refractivity contribution >= 4 is 6.29 Å². The van der Waals surface area contributed by atoms with Gasteiger partial charge in [0.1, 0.15) is 0 Å². The summed E-state index contributed by atoms with van der Waals surface area (Å²) in [6.45, 7) is 15.0. The fraction of sp³-hybridized carbons (Fsp3) is 0.562. The summed E-state index contributed by atoms with van der Waals surface area (Å²) in [6, 6.07) is 4.28. The minimum atomic E-state index is 0.00225. The van der Waals surface area contributed by atoms with Gasteiger partial charge in [0.2, 0.25) is 0 Å². The largest absolute Gasteiger partial charge is 0.298 e. The molecule has 1 aromatic carbocycles. The maximum atomic E-state index is 11.5. The minimum Gasteiger partial charge on any atom is -0.298 e. The van der Waals surface area contributed by atoms with Crippen molar-refractivity contribution in [2.45, 2.75) is 59.3 Å². The third-order valence-corrected chi connectivity index (χ3v) is 3.06. The smallest absolute Gasteiger partial charge is 0.150 e. The monoisotopic (exact) mass is 232 g/mol. The first-order chi connectivity index (χ1) is 7.57. The molecule has 0 atom stereocenters. The molecule has 0 unspecified atom stereocenters. The van der Waals surface area contributed by atoms with Crippen molar-refractivity contribution in [2.24, 2.45) is 0 Å². The van der Waals surface area contributed by atoms with Crippen LogP contribution < -0.4 is 0 Å². The van der Waals surface area contributed by atoms with E-state index in [2.05, 4.69) is 60.6 Å². The summed E-state index contributed by atoms with van der Waals surface area (Å²) < 4.78 is 0. The van der Waals surface area contributed by atoms with Crippen LogP contribution in [-0.2, 0) is 10.8 Å². The van der Waals surface area contributed by atoms with E-state index >= 15 is 0 Å². The number of benzene rings is 1. The molecular weight excluding hydrogens is 208 g/mol. The highest BCUT2D eigenvalue weighted by Gasteiger charge is 2.25. The first kappa shape index (κ1) is 14.0. The predicted octanol–water partition coefficient (Wildman–Crippen LogP) is 4.40. The number of rotatable bonds is 1. The van der Waals surface area contributed by atoms with Crippen LogP contribution in [0.25, 0.3) is 0 Å². The number of aldehydes is 1. The van der Waals surface area contributed by atoms with Gasteiger partial charge in [-0.3, -0.25) is 4.79 Å². The SMILES string of the molecule is Cc1cc(C(C)(C)C)c(C=O)c(C(C)(C)C)c1. The molecule has 0 aliphatic carbocycles. The van der Waals surface area contributed by atoms with Crippen LogP contribution in [0.2, 0.25) is 0 Å². The molecule has 0 bridgehead atoms. The third-order valence-electron chi connectivity index (χ3n) is 3.06. The van der Waals surface area contributed by atoms with Gasteiger partial charge in [0.25, 0.3) is 0 Å². The molecule has 0 fully saturated rings. The van der Waals surface area contributed by atoms with E-state index in [0.717, 1.165) is 23.0 Å². The van der Waals surface area contributed by atoms with Crippen molar-refractivity contribution in [2.75, 3.05) is 0 Å². The highest BCUT2D eigenvalue weighted by Crippen LogP contribution is 2.33. The van der Waals surface area contributed by atoms with Crippen LogP contribution in [0.3, 0.4) is 0 Å². The normalized spacial score (nSPS) is 12.6. The fourth-order valence-corrected chi connectivity index (χ4v) is 2.17. The van der Waals surface area contributed by atoms with E-state index in [1.165, 1.54) is 5.56 Å². The Morgan fingerprint density at radius 3 is 1.47 bits per heavy atom. The highest BCUT2D eigenvalue weighted by molar-refractivity contribution is 5.81. The van der Waals surface area contributed by atoms with Crippen LogP contribution >= 0.6 is 0 Å². The van der Waals surface area contributed by atoms with Crippen molar-refractivity contribution in [3.05, 3.63) is 34.4 Å². The quantitative estimate of drug-likeness (QED) is 0.656. The summed E-state index contributed by atoms with van der Waals surface area (Å²) in [4.78, 5) is 11.5. The van der Waals surface area contributed by atoms with Crippen molar-refractivity contribution in [1.29, 1.82) is 0 Å². The average Bonchev–Trinajstić information content (AvgIpc) is 2.13. The molecule has 0 saturated carbocycles. The zero-order valence-corrected chi connectivity index (χ0v) is 12.1. The molecule has 0 aliphatic rings. The molecule has 0 saturated heterocycles. The lowest BCUT2D eigenvalue weighted by molar-refractivity contribution is 0.111. The van der Waals surface area contributed by atoms with Gasteiger partial charge in [-0.15, -0.1) is 0 Å². The lowest BCUT2D eigenvalue weighted by Crippen LogP contribution is -2.21. The molecule has 0 amide bonds. The molecule has 0 heterocycles. The van der Waals surface area contributed by atoms with Gasteiger partial charge in [-0.25, -0.2) is 0 Å². The standard InChI is InChI=1S/C16H24O/c1-11-8-13(15(2,3)4)12(10-17)14(9-11)16(5,6)7/h8-10H,1-7H3. The lowest BCUT2D eigenvalue weighted by Gasteiger charge is -2.28. The van der Waals surface area contributed by atoms with E-state index < -0.39 is 0 Å². The summed E-state index contributed by atoms with van der Waals surface area (Å²) in [6.07, 6.45) is 1.01. The second-order valence-electron chi connectivity index (χ2n) is 6.89. The first-order valence-electron chi connectivity index (χ1n) is 6.18. The van der Waals surface area contributed by atoms with Gasteiger partial charge in [0.15, 0.2) is 6.29 Å². The molecule has 17 heavy (non-hydrogen) atoms. The van der Waals surface area contributed by atoms with Gasteiger partial charge in [-0.2, -0.15) is 0 Å². The van der Waals surface area contributed by atoms with E-state index in [0.29, 0.717) is 0 Å². The molecule has 0 radical (unpaired) electrons. The summed E-state index contributed by atoms with van der Waals surface area (Å²) in [5.74, 6) is 0. The van der Waals surface area contributed by atoms with Crippen molar-refractivity contribution in [1.82, 2.24) is 0 Å². The van der Waals surface area contributed by atoms with Gasteiger partial charge in [0.05, 0.1) is 0 Å². The molecule has 0 aromatic heterocycles. The van der Waals surface area contributed by atoms with Gasteiger partial charge < -0.3 is 0 Å². The summed E-state index contributed by atoms with van der Waals surface area (Å²) in [7, 11) is 0. The molecule has 0 spiro atoms. The minimum absolute atomic E-state index is 0.00225.